The maximum absolute atomic E-state index is 11.5. The molecule has 0 aliphatic heterocycles. The molecule has 0 saturated heterocycles. The molecule has 0 atom stereocenters. The molecule has 0 unspecified atom stereocenters. The van der Waals surface area contributed by atoms with Crippen LogP contribution in [0.15, 0.2) is 12.1 Å². The first-order valence-electron chi connectivity index (χ1n) is 4.42. The van der Waals surface area contributed by atoms with E-state index in [9.17, 15) is 9.36 Å². The van der Waals surface area contributed by atoms with Gasteiger partial charge in [-0.15, -0.1) is 0 Å². The van der Waals surface area contributed by atoms with Crippen LogP contribution >= 0.6 is 7.60 Å². The Balaban J connectivity index is 0.00000225. The fourth-order valence-corrected chi connectivity index (χ4v) is 2.31. The Morgan fingerprint density at radius 2 is 1.50 bits per heavy atom. The molecule has 2 N–H and O–H groups in total. The summed E-state index contributed by atoms with van der Waals surface area (Å²) < 4.78 is 10.9. The number of hydrogen-bond donors (Lipinski definition) is 2. The predicted molar refractivity (Wildman–Crippen MR) is 64.2 cm³/mol. The van der Waals surface area contributed by atoms with Gasteiger partial charge in [-0.2, -0.15) is 0 Å². The van der Waals surface area contributed by atoms with Gasteiger partial charge in [0.05, 0.1) is 0 Å². The average Bonchev–Trinajstić information content (AvgIpc) is 1.99. The van der Waals surface area contributed by atoms with Crippen molar-refractivity contribution in [2.45, 2.75) is 20.8 Å². The van der Waals surface area contributed by atoms with Gasteiger partial charge in [0.25, 0.3) is 5.52 Å². The SMILES string of the molecule is Cc1cc(C)c(C(=O)P(=O)(O)O)c(C)c1.[NaH]. The van der Waals surface area contributed by atoms with Gasteiger partial charge in [0.1, 0.15) is 0 Å². The molecule has 84 valence electrons. The molecular weight excluding hydrogens is 238 g/mol. The van der Waals surface area contributed by atoms with Crippen LogP contribution in [0.4, 0.5) is 0 Å². The van der Waals surface area contributed by atoms with Crippen LogP contribution in [0.1, 0.15) is 27.0 Å². The normalized spacial score (nSPS) is 10.8. The van der Waals surface area contributed by atoms with Crippen molar-refractivity contribution >= 4 is 42.7 Å². The van der Waals surface area contributed by atoms with E-state index in [1.807, 2.05) is 6.92 Å². The number of carbonyl (C=O) groups is 1. The molecule has 0 aromatic heterocycles. The molecule has 0 saturated carbocycles. The molecule has 1 rings (SSSR count). The molecule has 0 radical (unpaired) electrons. The van der Waals surface area contributed by atoms with E-state index in [0.29, 0.717) is 11.1 Å². The van der Waals surface area contributed by atoms with Crippen LogP contribution in [-0.4, -0.2) is 44.9 Å². The molecule has 0 amide bonds. The van der Waals surface area contributed by atoms with Gasteiger partial charge in [0, 0.05) is 5.56 Å². The molecule has 1 aromatic rings. The van der Waals surface area contributed by atoms with E-state index in [1.54, 1.807) is 26.0 Å². The first kappa shape index (κ1) is 16.0. The standard InChI is InChI=1S/C10H13O4P.Na.H/c1-6-4-7(2)9(8(3)5-6)10(11)15(12,13)14;;/h4-5H,1-3H3,(H2,12,13,14);;. The summed E-state index contributed by atoms with van der Waals surface area (Å²) in [5.74, 6) is 0. The van der Waals surface area contributed by atoms with E-state index in [-0.39, 0.29) is 35.1 Å². The van der Waals surface area contributed by atoms with Gasteiger partial charge in [-0.3, -0.25) is 9.36 Å². The molecule has 1 aromatic carbocycles. The topological polar surface area (TPSA) is 74.6 Å². The predicted octanol–water partition coefficient (Wildman–Crippen LogP) is 1.28. The Bertz CT molecular complexity index is 441. The van der Waals surface area contributed by atoms with E-state index in [4.69, 9.17) is 9.79 Å². The van der Waals surface area contributed by atoms with Crippen LogP contribution in [0.2, 0.25) is 0 Å². The second kappa shape index (κ2) is 5.58. The first-order chi connectivity index (χ1) is 6.73. The summed E-state index contributed by atoms with van der Waals surface area (Å²) in [4.78, 5) is 29.1. The summed E-state index contributed by atoms with van der Waals surface area (Å²) >= 11 is 0. The maximum atomic E-state index is 11.5. The van der Waals surface area contributed by atoms with Crippen LogP contribution < -0.4 is 0 Å². The summed E-state index contributed by atoms with van der Waals surface area (Å²) in [5.41, 5.74) is 1.19. The monoisotopic (exact) mass is 252 g/mol. The van der Waals surface area contributed by atoms with Crippen molar-refractivity contribution < 1.29 is 19.1 Å². The Morgan fingerprint density at radius 3 is 1.81 bits per heavy atom. The van der Waals surface area contributed by atoms with E-state index in [2.05, 4.69) is 0 Å². The van der Waals surface area contributed by atoms with Crippen LogP contribution in [0, 0.1) is 20.8 Å². The Kier molecular flexibility index (Phi) is 5.60. The molecule has 0 bridgehead atoms. The third-order valence-electron chi connectivity index (χ3n) is 2.16. The summed E-state index contributed by atoms with van der Waals surface area (Å²) in [7, 11) is -4.69. The Labute approximate surface area is 117 Å². The average molecular weight is 252 g/mol. The van der Waals surface area contributed by atoms with E-state index >= 15 is 0 Å². The van der Waals surface area contributed by atoms with Crippen molar-refractivity contribution in [1.29, 1.82) is 0 Å². The zero-order valence-electron chi connectivity index (χ0n) is 8.81. The Morgan fingerprint density at radius 1 is 1.12 bits per heavy atom. The molecule has 6 heteroatoms. The van der Waals surface area contributed by atoms with Crippen molar-refractivity contribution in [3.05, 3.63) is 34.4 Å². The van der Waals surface area contributed by atoms with Crippen LogP contribution in [0.3, 0.4) is 0 Å². The minimum atomic E-state index is -4.69. The molecule has 0 aliphatic rings. The summed E-state index contributed by atoms with van der Waals surface area (Å²) in [6.45, 7) is 5.21. The van der Waals surface area contributed by atoms with Gasteiger partial charge in [-0.1, -0.05) is 17.7 Å². The van der Waals surface area contributed by atoms with Crippen molar-refractivity contribution in [2.75, 3.05) is 0 Å². The van der Waals surface area contributed by atoms with Crippen LogP contribution in [-0.2, 0) is 4.57 Å². The molecule has 0 aliphatic carbocycles. The first-order valence-corrected chi connectivity index (χ1v) is 6.03. The third-order valence-corrected chi connectivity index (χ3v) is 2.91. The molecule has 0 heterocycles. The minimum absolute atomic E-state index is 0. The van der Waals surface area contributed by atoms with E-state index in [0.717, 1.165) is 5.56 Å². The second-order valence-corrected chi connectivity index (χ2v) is 5.12. The number of rotatable bonds is 2. The van der Waals surface area contributed by atoms with Gasteiger partial charge in [-0.25, -0.2) is 0 Å². The van der Waals surface area contributed by atoms with Gasteiger partial charge >= 0.3 is 37.2 Å². The fraction of sp³-hybridized carbons (Fsp3) is 0.300. The molecular formula is C10H14NaO4P. The quantitative estimate of drug-likeness (QED) is 0.614. The van der Waals surface area contributed by atoms with Gasteiger partial charge in [0.15, 0.2) is 0 Å². The van der Waals surface area contributed by atoms with E-state index in [1.165, 1.54) is 0 Å². The van der Waals surface area contributed by atoms with Gasteiger partial charge in [-0.05, 0) is 31.9 Å². The Hall–Kier alpha value is 0.0400. The number of aryl methyl sites for hydroxylation is 3. The molecule has 16 heavy (non-hydrogen) atoms. The summed E-state index contributed by atoms with van der Waals surface area (Å²) in [6.07, 6.45) is 0. The fourth-order valence-electron chi connectivity index (χ4n) is 1.66. The van der Waals surface area contributed by atoms with Crippen LogP contribution in [0.25, 0.3) is 0 Å². The summed E-state index contributed by atoms with van der Waals surface area (Å²) in [6, 6.07) is 3.46. The van der Waals surface area contributed by atoms with Gasteiger partial charge < -0.3 is 9.79 Å². The van der Waals surface area contributed by atoms with Crippen molar-refractivity contribution in [2.24, 2.45) is 0 Å². The second-order valence-electron chi connectivity index (χ2n) is 3.62. The van der Waals surface area contributed by atoms with Crippen molar-refractivity contribution in [3.63, 3.8) is 0 Å². The molecule has 4 nitrogen and oxygen atoms in total. The van der Waals surface area contributed by atoms with Crippen molar-refractivity contribution in [3.8, 4) is 0 Å². The number of benzene rings is 1. The zero-order valence-corrected chi connectivity index (χ0v) is 9.71. The van der Waals surface area contributed by atoms with Crippen LogP contribution in [0.5, 0.6) is 0 Å². The van der Waals surface area contributed by atoms with Gasteiger partial charge in [0.2, 0.25) is 0 Å². The molecule has 0 fully saturated rings. The summed E-state index contributed by atoms with van der Waals surface area (Å²) in [5, 5.41) is 0. The zero-order chi connectivity index (χ0) is 11.8. The number of carbonyl (C=O) groups excluding carboxylic acids is 1. The van der Waals surface area contributed by atoms with Crippen molar-refractivity contribution in [1.82, 2.24) is 0 Å². The number of hydrogen-bond acceptors (Lipinski definition) is 2. The van der Waals surface area contributed by atoms with E-state index < -0.39 is 13.1 Å². The molecule has 0 spiro atoms. The third kappa shape index (κ3) is 3.52.